The third kappa shape index (κ3) is 2.00. The third-order valence-electron chi connectivity index (χ3n) is 1.48. The highest BCUT2D eigenvalue weighted by Crippen LogP contribution is 2.28. The first kappa shape index (κ1) is 9.14. The Hall–Kier alpha value is -1.95. The van der Waals surface area contributed by atoms with Crippen LogP contribution in [0.3, 0.4) is 0 Å². The zero-order valence-electron chi connectivity index (χ0n) is 7.07. The molecule has 0 unspecified atom stereocenters. The van der Waals surface area contributed by atoms with Gasteiger partial charge in [-0.3, -0.25) is 4.79 Å². The summed E-state index contributed by atoms with van der Waals surface area (Å²) in [6.07, 6.45) is 0.471. The molecule has 0 spiro atoms. The van der Waals surface area contributed by atoms with E-state index in [9.17, 15) is 9.90 Å². The number of aromatic hydroxyl groups is 1. The van der Waals surface area contributed by atoms with E-state index >= 15 is 0 Å². The highest BCUT2D eigenvalue weighted by atomic mass is 16.5. The monoisotopic (exact) mass is 176 g/mol. The lowest BCUT2D eigenvalue weighted by Gasteiger charge is -2.03. The van der Waals surface area contributed by atoms with Crippen molar-refractivity contribution in [2.75, 3.05) is 7.11 Å². The molecule has 66 valence electrons. The summed E-state index contributed by atoms with van der Waals surface area (Å²) in [5, 5.41) is 9.47. The van der Waals surface area contributed by atoms with Crippen molar-refractivity contribution in [2.45, 2.75) is 0 Å². The first-order valence-corrected chi connectivity index (χ1v) is 3.60. The SMILES string of the molecule is COc1cccc(C#CC=O)c1O. The van der Waals surface area contributed by atoms with Gasteiger partial charge in [0, 0.05) is 0 Å². The van der Waals surface area contributed by atoms with E-state index in [0.29, 0.717) is 17.6 Å². The fourth-order valence-electron chi connectivity index (χ4n) is 0.895. The third-order valence-corrected chi connectivity index (χ3v) is 1.48. The fraction of sp³-hybridized carbons (Fsp3) is 0.100. The second-order valence-electron chi connectivity index (χ2n) is 2.24. The summed E-state index contributed by atoms with van der Waals surface area (Å²) in [5.74, 6) is 5.00. The first-order chi connectivity index (χ1) is 6.29. The van der Waals surface area contributed by atoms with Crippen molar-refractivity contribution in [1.82, 2.24) is 0 Å². The number of carbonyl (C=O) groups excluding carboxylic acids is 1. The summed E-state index contributed by atoms with van der Waals surface area (Å²) >= 11 is 0. The van der Waals surface area contributed by atoms with Crippen LogP contribution in [0.2, 0.25) is 0 Å². The Morgan fingerprint density at radius 3 is 2.92 bits per heavy atom. The summed E-state index contributed by atoms with van der Waals surface area (Å²) in [6, 6.07) is 4.91. The van der Waals surface area contributed by atoms with Crippen molar-refractivity contribution in [3.05, 3.63) is 23.8 Å². The van der Waals surface area contributed by atoms with Crippen molar-refractivity contribution >= 4 is 6.29 Å². The molecule has 13 heavy (non-hydrogen) atoms. The van der Waals surface area contributed by atoms with E-state index in [1.165, 1.54) is 7.11 Å². The summed E-state index contributed by atoms with van der Waals surface area (Å²) in [7, 11) is 1.45. The Bertz CT molecular complexity index is 371. The van der Waals surface area contributed by atoms with Gasteiger partial charge in [-0.05, 0) is 18.1 Å². The standard InChI is InChI=1S/C10H8O3/c1-13-9-6-2-4-8(10(9)12)5-3-7-11/h2,4,6-7,12H,1H3. The lowest BCUT2D eigenvalue weighted by molar-refractivity contribution is -0.103. The Balaban J connectivity index is 3.15. The summed E-state index contributed by atoms with van der Waals surface area (Å²) in [5.41, 5.74) is 0.381. The molecule has 0 aliphatic carbocycles. The predicted octanol–water partition coefficient (Wildman–Crippen LogP) is 0.951. The van der Waals surface area contributed by atoms with Crippen LogP contribution in [-0.4, -0.2) is 18.5 Å². The van der Waals surface area contributed by atoms with Crippen molar-refractivity contribution in [1.29, 1.82) is 0 Å². The lowest BCUT2D eigenvalue weighted by atomic mass is 10.2. The second kappa shape index (κ2) is 4.17. The maximum atomic E-state index is 9.96. The number of ether oxygens (including phenoxy) is 1. The van der Waals surface area contributed by atoms with Gasteiger partial charge in [-0.1, -0.05) is 12.0 Å². The molecular weight excluding hydrogens is 168 g/mol. The van der Waals surface area contributed by atoms with Gasteiger partial charge in [-0.2, -0.15) is 0 Å². The van der Waals surface area contributed by atoms with Gasteiger partial charge in [0.2, 0.25) is 0 Å². The van der Waals surface area contributed by atoms with Crippen LogP contribution >= 0.6 is 0 Å². The van der Waals surface area contributed by atoms with Gasteiger partial charge in [-0.25, -0.2) is 0 Å². The van der Waals surface area contributed by atoms with Crippen molar-refractivity contribution in [3.63, 3.8) is 0 Å². The molecule has 0 heterocycles. The molecule has 3 heteroatoms. The van der Waals surface area contributed by atoms with Gasteiger partial charge in [0.1, 0.15) is 0 Å². The van der Waals surface area contributed by atoms with E-state index in [-0.39, 0.29) is 5.75 Å². The van der Waals surface area contributed by atoms with E-state index in [4.69, 9.17) is 4.74 Å². The molecule has 0 amide bonds. The average Bonchev–Trinajstić information content (AvgIpc) is 2.16. The van der Waals surface area contributed by atoms with Crippen molar-refractivity contribution in [2.24, 2.45) is 0 Å². The van der Waals surface area contributed by atoms with E-state index in [1.807, 2.05) is 0 Å². The minimum Gasteiger partial charge on any atom is -0.503 e. The quantitative estimate of drug-likeness (QED) is 0.512. The molecule has 1 aromatic rings. The highest BCUT2D eigenvalue weighted by molar-refractivity contribution is 5.74. The number of carbonyl (C=O) groups is 1. The second-order valence-corrected chi connectivity index (χ2v) is 2.24. The van der Waals surface area contributed by atoms with Gasteiger partial charge in [-0.15, -0.1) is 0 Å². The van der Waals surface area contributed by atoms with Gasteiger partial charge in [0.15, 0.2) is 17.8 Å². The van der Waals surface area contributed by atoms with Crippen LogP contribution in [-0.2, 0) is 4.79 Å². The number of phenolic OH excluding ortho intramolecular Hbond substituents is 1. The van der Waals surface area contributed by atoms with Crippen LogP contribution in [0.5, 0.6) is 11.5 Å². The van der Waals surface area contributed by atoms with Crippen LogP contribution in [0.1, 0.15) is 5.56 Å². The van der Waals surface area contributed by atoms with E-state index < -0.39 is 0 Å². The normalized spacial score (nSPS) is 8.38. The minimum absolute atomic E-state index is 0.0423. The number of methoxy groups -OCH3 is 1. The Morgan fingerprint density at radius 1 is 1.54 bits per heavy atom. The van der Waals surface area contributed by atoms with Gasteiger partial charge >= 0.3 is 0 Å². The zero-order valence-corrected chi connectivity index (χ0v) is 7.07. The Morgan fingerprint density at radius 2 is 2.31 bits per heavy atom. The van der Waals surface area contributed by atoms with E-state index in [0.717, 1.165) is 0 Å². The number of hydrogen-bond donors (Lipinski definition) is 1. The topological polar surface area (TPSA) is 46.5 Å². The molecule has 0 aliphatic heterocycles. The molecule has 0 radical (unpaired) electrons. The number of benzene rings is 1. The molecule has 0 saturated carbocycles. The average molecular weight is 176 g/mol. The highest BCUT2D eigenvalue weighted by Gasteiger charge is 2.03. The summed E-state index contributed by atoms with van der Waals surface area (Å²) < 4.78 is 4.86. The first-order valence-electron chi connectivity index (χ1n) is 3.60. The van der Waals surface area contributed by atoms with Gasteiger partial charge in [0.05, 0.1) is 12.7 Å². The Kier molecular flexibility index (Phi) is 2.93. The molecule has 0 saturated heterocycles. The van der Waals surface area contributed by atoms with Crippen LogP contribution in [0.15, 0.2) is 18.2 Å². The Labute approximate surface area is 76.0 Å². The molecule has 1 N–H and O–H groups in total. The molecule has 0 atom stereocenters. The van der Waals surface area contributed by atoms with Crippen LogP contribution < -0.4 is 4.74 Å². The number of phenols is 1. The largest absolute Gasteiger partial charge is 0.503 e. The summed E-state index contributed by atoms with van der Waals surface area (Å²) in [6.45, 7) is 0. The number of hydrogen-bond acceptors (Lipinski definition) is 3. The smallest absolute Gasteiger partial charge is 0.193 e. The van der Waals surface area contributed by atoms with Crippen molar-refractivity contribution in [3.8, 4) is 23.3 Å². The molecule has 1 rings (SSSR count). The van der Waals surface area contributed by atoms with E-state index in [2.05, 4.69) is 11.8 Å². The minimum atomic E-state index is -0.0423. The predicted molar refractivity (Wildman–Crippen MR) is 47.6 cm³/mol. The van der Waals surface area contributed by atoms with E-state index in [1.54, 1.807) is 18.2 Å². The number of para-hydroxylation sites is 1. The maximum Gasteiger partial charge on any atom is 0.193 e. The number of aldehydes is 1. The molecule has 0 bridgehead atoms. The molecule has 0 aromatic heterocycles. The van der Waals surface area contributed by atoms with Gasteiger partial charge in [0.25, 0.3) is 0 Å². The van der Waals surface area contributed by atoms with Crippen molar-refractivity contribution < 1.29 is 14.6 Å². The zero-order chi connectivity index (χ0) is 9.68. The molecule has 1 aromatic carbocycles. The molecule has 0 aliphatic rings. The van der Waals surface area contributed by atoms with Crippen LogP contribution in [0.25, 0.3) is 0 Å². The van der Waals surface area contributed by atoms with Gasteiger partial charge < -0.3 is 9.84 Å². The summed E-state index contributed by atoms with van der Waals surface area (Å²) in [4.78, 5) is 9.96. The van der Waals surface area contributed by atoms with Crippen LogP contribution in [0.4, 0.5) is 0 Å². The maximum absolute atomic E-state index is 9.96. The van der Waals surface area contributed by atoms with Crippen LogP contribution in [0, 0.1) is 11.8 Å². The number of rotatable bonds is 1. The molecule has 3 nitrogen and oxygen atoms in total. The fourth-order valence-corrected chi connectivity index (χ4v) is 0.895. The molecule has 0 fully saturated rings. The molecular formula is C10H8O3. The lowest BCUT2D eigenvalue weighted by Crippen LogP contribution is -1.85.